The standard InChI is InChI=1S/C18H31N3O3.HI/c1-5-19-18(20-9-8-14(2)3)21-13-15-6-7-16(24-11-10-22)17(12-15)23-4;/h6-7,12,14,22H,5,8-11,13H2,1-4H3,(H2,19,20,21);1H. The lowest BCUT2D eigenvalue weighted by Crippen LogP contribution is -2.38. The summed E-state index contributed by atoms with van der Waals surface area (Å²) in [5, 5.41) is 15.4. The Morgan fingerprint density at radius 1 is 1.24 bits per heavy atom. The number of aliphatic hydroxyl groups is 1. The number of rotatable bonds is 10. The van der Waals surface area contributed by atoms with Crippen molar-refractivity contribution < 1.29 is 14.6 Å². The van der Waals surface area contributed by atoms with Crippen LogP contribution in [0.3, 0.4) is 0 Å². The summed E-state index contributed by atoms with van der Waals surface area (Å²) in [7, 11) is 1.60. The van der Waals surface area contributed by atoms with E-state index in [1.807, 2.05) is 18.2 Å². The van der Waals surface area contributed by atoms with E-state index in [1.165, 1.54) is 0 Å². The van der Waals surface area contributed by atoms with Gasteiger partial charge in [-0.25, -0.2) is 4.99 Å². The molecular formula is C18H32IN3O3. The summed E-state index contributed by atoms with van der Waals surface area (Å²) < 4.78 is 10.8. The molecule has 1 aromatic carbocycles. The molecular weight excluding hydrogens is 433 g/mol. The fourth-order valence-electron chi connectivity index (χ4n) is 2.08. The first kappa shape index (κ1) is 23.8. The largest absolute Gasteiger partial charge is 0.493 e. The Morgan fingerprint density at radius 2 is 2.00 bits per heavy atom. The maximum atomic E-state index is 8.85. The van der Waals surface area contributed by atoms with Crippen LogP contribution < -0.4 is 20.1 Å². The molecule has 0 heterocycles. The van der Waals surface area contributed by atoms with Gasteiger partial charge in [-0.15, -0.1) is 24.0 Å². The molecule has 0 aliphatic rings. The first-order valence-electron chi connectivity index (χ1n) is 8.53. The average molecular weight is 465 g/mol. The van der Waals surface area contributed by atoms with E-state index in [0.717, 1.165) is 31.0 Å². The highest BCUT2D eigenvalue weighted by Crippen LogP contribution is 2.28. The molecule has 1 rings (SSSR count). The number of hydrogen-bond acceptors (Lipinski definition) is 4. The van der Waals surface area contributed by atoms with E-state index in [-0.39, 0.29) is 37.2 Å². The van der Waals surface area contributed by atoms with Gasteiger partial charge in [-0.05, 0) is 37.0 Å². The van der Waals surface area contributed by atoms with Crippen LogP contribution >= 0.6 is 24.0 Å². The first-order valence-corrected chi connectivity index (χ1v) is 8.53. The van der Waals surface area contributed by atoms with E-state index < -0.39 is 0 Å². The molecule has 144 valence electrons. The van der Waals surface area contributed by atoms with Crippen LogP contribution in [0.15, 0.2) is 23.2 Å². The molecule has 3 N–H and O–H groups in total. The summed E-state index contributed by atoms with van der Waals surface area (Å²) in [4.78, 5) is 4.61. The second-order valence-corrected chi connectivity index (χ2v) is 5.86. The number of benzene rings is 1. The number of ether oxygens (including phenoxy) is 2. The second-order valence-electron chi connectivity index (χ2n) is 5.86. The predicted octanol–water partition coefficient (Wildman–Crippen LogP) is 2.79. The molecule has 0 aliphatic heterocycles. The number of nitrogens with one attached hydrogen (secondary N) is 2. The van der Waals surface area contributed by atoms with Crippen molar-refractivity contribution in [2.75, 3.05) is 33.4 Å². The molecule has 0 spiro atoms. The number of aliphatic hydroxyl groups excluding tert-OH is 1. The number of nitrogens with zero attached hydrogens (tertiary/aromatic N) is 1. The van der Waals surface area contributed by atoms with Crippen LogP contribution in [0.4, 0.5) is 0 Å². The van der Waals surface area contributed by atoms with Crippen LogP contribution in [-0.4, -0.2) is 44.5 Å². The molecule has 0 aromatic heterocycles. The Balaban J connectivity index is 0.00000576. The summed E-state index contributed by atoms with van der Waals surface area (Å²) in [5.41, 5.74) is 1.03. The van der Waals surface area contributed by atoms with Gasteiger partial charge in [-0.3, -0.25) is 0 Å². The quantitative estimate of drug-likeness (QED) is 0.282. The summed E-state index contributed by atoms with van der Waals surface area (Å²) in [6, 6.07) is 5.71. The number of methoxy groups -OCH3 is 1. The van der Waals surface area contributed by atoms with E-state index in [4.69, 9.17) is 14.6 Å². The topological polar surface area (TPSA) is 75.1 Å². The van der Waals surface area contributed by atoms with Gasteiger partial charge in [-0.2, -0.15) is 0 Å². The normalized spacial score (nSPS) is 11.0. The van der Waals surface area contributed by atoms with Gasteiger partial charge < -0.3 is 25.2 Å². The highest BCUT2D eigenvalue weighted by Gasteiger charge is 2.06. The number of aliphatic imine (C=N–C) groups is 1. The lowest BCUT2D eigenvalue weighted by atomic mass is 10.1. The van der Waals surface area contributed by atoms with E-state index in [1.54, 1.807) is 7.11 Å². The fourth-order valence-corrected chi connectivity index (χ4v) is 2.08. The number of halogens is 1. The molecule has 6 nitrogen and oxygen atoms in total. The summed E-state index contributed by atoms with van der Waals surface area (Å²) in [5.74, 6) is 2.75. The van der Waals surface area contributed by atoms with Crippen LogP contribution in [0, 0.1) is 5.92 Å². The van der Waals surface area contributed by atoms with Gasteiger partial charge in [-0.1, -0.05) is 19.9 Å². The van der Waals surface area contributed by atoms with Gasteiger partial charge in [0.05, 0.1) is 20.3 Å². The van der Waals surface area contributed by atoms with Crippen LogP contribution in [0.2, 0.25) is 0 Å². The molecule has 0 bridgehead atoms. The maximum absolute atomic E-state index is 8.85. The second kappa shape index (κ2) is 14.0. The van der Waals surface area contributed by atoms with Crippen LogP contribution in [-0.2, 0) is 6.54 Å². The van der Waals surface area contributed by atoms with Crippen molar-refractivity contribution in [1.29, 1.82) is 0 Å². The Labute approximate surface area is 168 Å². The molecule has 0 aliphatic carbocycles. The monoisotopic (exact) mass is 465 g/mol. The molecule has 25 heavy (non-hydrogen) atoms. The van der Waals surface area contributed by atoms with Gasteiger partial charge in [0.2, 0.25) is 0 Å². The predicted molar refractivity (Wildman–Crippen MR) is 113 cm³/mol. The van der Waals surface area contributed by atoms with Crippen molar-refractivity contribution in [3.8, 4) is 11.5 Å². The van der Waals surface area contributed by atoms with Gasteiger partial charge in [0.15, 0.2) is 17.5 Å². The highest BCUT2D eigenvalue weighted by molar-refractivity contribution is 14.0. The van der Waals surface area contributed by atoms with Crippen molar-refractivity contribution in [3.05, 3.63) is 23.8 Å². The molecule has 0 fully saturated rings. The molecule has 0 radical (unpaired) electrons. The Hall–Kier alpha value is -1.22. The zero-order valence-electron chi connectivity index (χ0n) is 15.7. The molecule has 0 saturated heterocycles. The lowest BCUT2D eigenvalue weighted by Gasteiger charge is -2.13. The zero-order valence-corrected chi connectivity index (χ0v) is 18.0. The van der Waals surface area contributed by atoms with Gasteiger partial charge in [0.25, 0.3) is 0 Å². The minimum atomic E-state index is -0.0245. The average Bonchev–Trinajstić information content (AvgIpc) is 2.57. The molecule has 0 unspecified atom stereocenters. The van der Waals surface area contributed by atoms with Gasteiger partial charge >= 0.3 is 0 Å². The lowest BCUT2D eigenvalue weighted by molar-refractivity contribution is 0.196. The third-order valence-corrected chi connectivity index (χ3v) is 3.35. The van der Waals surface area contributed by atoms with Crippen molar-refractivity contribution in [1.82, 2.24) is 10.6 Å². The van der Waals surface area contributed by atoms with E-state index in [9.17, 15) is 0 Å². The van der Waals surface area contributed by atoms with Gasteiger partial charge in [0.1, 0.15) is 6.61 Å². The Morgan fingerprint density at radius 3 is 2.60 bits per heavy atom. The molecule has 0 atom stereocenters. The third-order valence-electron chi connectivity index (χ3n) is 3.35. The van der Waals surface area contributed by atoms with Crippen molar-refractivity contribution in [2.45, 2.75) is 33.7 Å². The van der Waals surface area contributed by atoms with Crippen molar-refractivity contribution >= 4 is 29.9 Å². The Kier molecular flexibility index (Phi) is 13.3. The van der Waals surface area contributed by atoms with E-state index >= 15 is 0 Å². The van der Waals surface area contributed by atoms with E-state index in [0.29, 0.717) is 24.0 Å². The highest BCUT2D eigenvalue weighted by atomic mass is 127. The number of guanidine groups is 1. The molecule has 0 amide bonds. The summed E-state index contributed by atoms with van der Waals surface area (Å²) in [6.45, 7) is 8.97. The smallest absolute Gasteiger partial charge is 0.191 e. The minimum absolute atomic E-state index is 0. The van der Waals surface area contributed by atoms with Crippen LogP contribution in [0.5, 0.6) is 11.5 Å². The minimum Gasteiger partial charge on any atom is -0.493 e. The molecule has 7 heteroatoms. The SMILES string of the molecule is CCNC(=NCc1ccc(OCCO)c(OC)c1)NCCC(C)C.I. The zero-order chi connectivity index (χ0) is 17.8. The van der Waals surface area contributed by atoms with Crippen molar-refractivity contribution in [2.24, 2.45) is 10.9 Å². The molecule has 0 saturated carbocycles. The van der Waals surface area contributed by atoms with E-state index in [2.05, 4.69) is 36.4 Å². The first-order chi connectivity index (χ1) is 11.6. The van der Waals surface area contributed by atoms with Crippen LogP contribution in [0.1, 0.15) is 32.8 Å². The number of hydrogen-bond donors (Lipinski definition) is 3. The fraction of sp³-hybridized carbons (Fsp3) is 0.611. The van der Waals surface area contributed by atoms with Gasteiger partial charge in [0, 0.05) is 13.1 Å². The third kappa shape index (κ3) is 9.74. The maximum Gasteiger partial charge on any atom is 0.191 e. The van der Waals surface area contributed by atoms with Crippen molar-refractivity contribution in [3.63, 3.8) is 0 Å². The summed E-state index contributed by atoms with van der Waals surface area (Å²) in [6.07, 6.45) is 1.11. The molecule has 1 aromatic rings. The Bertz CT molecular complexity index is 510. The summed E-state index contributed by atoms with van der Waals surface area (Å²) >= 11 is 0. The van der Waals surface area contributed by atoms with Crippen LogP contribution in [0.25, 0.3) is 0 Å².